The van der Waals surface area contributed by atoms with Crippen LogP contribution in [0.4, 0.5) is 13.2 Å². The van der Waals surface area contributed by atoms with Gasteiger partial charge in [0.2, 0.25) is 0 Å². The number of carbonyl (C=O) groups excluding carboxylic acids is 1. The van der Waals surface area contributed by atoms with Gasteiger partial charge < -0.3 is 9.88 Å². The molecule has 4 heterocycles. The van der Waals surface area contributed by atoms with Crippen LogP contribution in [0.5, 0.6) is 0 Å². The van der Waals surface area contributed by atoms with Crippen molar-refractivity contribution in [1.82, 2.24) is 24.6 Å². The molecule has 1 aliphatic rings. The number of nitrogens with one attached hydrogen (secondary N) is 1. The van der Waals surface area contributed by atoms with Crippen LogP contribution in [0.2, 0.25) is 0 Å². The van der Waals surface area contributed by atoms with Crippen molar-refractivity contribution in [1.29, 1.82) is 0 Å². The molecule has 1 saturated heterocycles. The Morgan fingerprint density at radius 3 is 2.68 bits per heavy atom. The van der Waals surface area contributed by atoms with Gasteiger partial charge in [-0.25, -0.2) is 4.98 Å². The van der Waals surface area contributed by atoms with Crippen LogP contribution in [0.15, 0.2) is 30.6 Å². The van der Waals surface area contributed by atoms with Crippen LogP contribution in [0, 0.1) is 0 Å². The molecule has 0 aliphatic carbocycles. The third-order valence-corrected chi connectivity index (χ3v) is 5.21. The zero-order valence-corrected chi connectivity index (χ0v) is 15.3. The lowest BCUT2D eigenvalue weighted by Crippen LogP contribution is -2.37. The van der Waals surface area contributed by atoms with Gasteiger partial charge in [0.1, 0.15) is 5.69 Å². The van der Waals surface area contributed by atoms with Crippen molar-refractivity contribution in [2.75, 3.05) is 13.1 Å². The van der Waals surface area contributed by atoms with Gasteiger partial charge in [0, 0.05) is 37.4 Å². The SMILES string of the molecule is CCn1cc(C(=O)N2CCC(c3cc4nc(C(F)(F)F)ccc4[nH]3)CC2)cn1. The number of hydrogen-bond acceptors (Lipinski definition) is 3. The van der Waals surface area contributed by atoms with Gasteiger partial charge >= 0.3 is 6.18 Å². The lowest BCUT2D eigenvalue weighted by molar-refractivity contribution is -0.140. The highest BCUT2D eigenvalue weighted by Gasteiger charge is 2.33. The fourth-order valence-electron chi connectivity index (χ4n) is 3.63. The normalized spacial score (nSPS) is 16.1. The Balaban J connectivity index is 1.45. The zero-order valence-electron chi connectivity index (χ0n) is 15.3. The Kier molecular flexibility index (Phi) is 4.60. The second kappa shape index (κ2) is 6.96. The second-order valence-electron chi connectivity index (χ2n) is 7.00. The number of piperidine rings is 1. The molecule has 0 atom stereocenters. The standard InChI is InChI=1S/C19H20F3N5O/c1-2-27-11-13(10-23-27)18(28)26-7-5-12(6-8-26)15-9-16-14(24-15)3-4-17(25-16)19(20,21)22/h3-4,9-12,24H,2,5-8H2,1H3. The van der Waals surface area contributed by atoms with Crippen LogP contribution in [-0.4, -0.2) is 43.6 Å². The van der Waals surface area contributed by atoms with Crippen LogP contribution in [0.3, 0.4) is 0 Å². The van der Waals surface area contributed by atoms with E-state index in [0.29, 0.717) is 36.2 Å². The number of rotatable bonds is 3. The summed E-state index contributed by atoms with van der Waals surface area (Å²) in [5.74, 6) is 0.122. The molecule has 0 spiro atoms. The van der Waals surface area contributed by atoms with E-state index in [0.717, 1.165) is 24.6 Å². The Bertz CT molecular complexity index is 999. The molecule has 0 aromatic carbocycles. The number of fused-ring (bicyclic) bond motifs is 1. The van der Waals surface area contributed by atoms with E-state index in [1.165, 1.54) is 6.07 Å². The number of nitrogens with zero attached hydrogens (tertiary/aromatic N) is 4. The molecule has 4 rings (SSSR count). The van der Waals surface area contributed by atoms with Gasteiger partial charge in [0.25, 0.3) is 5.91 Å². The minimum atomic E-state index is -4.46. The molecule has 3 aromatic heterocycles. The number of pyridine rings is 1. The third kappa shape index (κ3) is 3.48. The first-order valence-electron chi connectivity index (χ1n) is 9.23. The molecule has 1 aliphatic heterocycles. The monoisotopic (exact) mass is 391 g/mol. The van der Waals surface area contributed by atoms with E-state index in [9.17, 15) is 18.0 Å². The maximum atomic E-state index is 12.8. The summed E-state index contributed by atoms with van der Waals surface area (Å²) in [6.45, 7) is 3.86. The third-order valence-electron chi connectivity index (χ3n) is 5.21. The van der Waals surface area contributed by atoms with Crippen LogP contribution in [0.25, 0.3) is 11.0 Å². The van der Waals surface area contributed by atoms with E-state index in [1.807, 2.05) is 6.92 Å². The highest BCUT2D eigenvalue weighted by atomic mass is 19.4. The van der Waals surface area contributed by atoms with Crippen molar-refractivity contribution in [3.05, 3.63) is 47.5 Å². The highest BCUT2D eigenvalue weighted by Crippen LogP contribution is 2.32. The molecule has 28 heavy (non-hydrogen) atoms. The Morgan fingerprint density at radius 2 is 2.04 bits per heavy atom. The Labute approximate surface area is 159 Å². The van der Waals surface area contributed by atoms with Crippen LogP contribution >= 0.6 is 0 Å². The molecular formula is C19H20F3N5O. The van der Waals surface area contributed by atoms with Crippen LogP contribution in [0.1, 0.15) is 47.4 Å². The lowest BCUT2D eigenvalue weighted by atomic mass is 9.93. The van der Waals surface area contributed by atoms with Crippen molar-refractivity contribution in [2.45, 2.75) is 38.4 Å². The predicted molar refractivity (Wildman–Crippen MR) is 96.9 cm³/mol. The van der Waals surface area contributed by atoms with Crippen LogP contribution in [-0.2, 0) is 12.7 Å². The number of aromatic amines is 1. The average Bonchev–Trinajstić information content (AvgIpc) is 3.33. The number of alkyl halides is 3. The van der Waals surface area contributed by atoms with Gasteiger partial charge in [0.15, 0.2) is 0 Å². The lowest BCUT2D eigenvalue weighted by Gasteiger charge is -2.31. The van der Waals surface area contributed by atoms with E-state index >= 15 is 0 Å². The molecule has 0 radical (unpaired) electrons. The van der Waals surface area contributed by atoms with Gasteiger partial charge in [-0.2, -0.15) is 18.3 Å². The summed E-state index contributed by atoms with van der Waals surface area (Å²) in [6, 6.07) is 4.09. The minimum Gasteiger partial charge on any atom is -0.357 e. The highest BCUT2D eigenvalue weighted by molar-refractivity contribution is 5.93. The van der Waals surface area contributed by atoms with Crippen molar-refractivity contribution in [3.63, 3.8) is 0 Å². The number of H-pyrrole nitrogens is 1. The average molecular weight is 391 g/mol. The number of likely N-dealkylation sites (tertiary alicyclic amines) is 1. The van der Waals surface area contributed by atoms with Gasteiger partial charge in [0.05, 0.1) is 22.8 Å². The topological polar surface area (TPSA) is 66.8 Å². The van der Waals surface area contributed by atoms with Gasteiger partial charge in [-0.05, 0) is 38.0 Å². The molecule has 9 heteroatoms. The molecule has 1 N–H and O–H groups in total. The summed E-state index contributed by atoms with van der Waals surface area (Å²) in [6.07, 6.45) is 0.359. The number of hydrogen-bond donors (Lipinski definition) is 1. The van der Waals surface area contributed by atoms with Gasteiger partial charge in [-0.3, -0.25) is 9.48 Å². The van der Waals surface area contributed by atoms with Crippen molar-refractivity contribution in [2.24, 2.45) is 0 Å². The largest absolute Gasteiger partial charge is 0.433 e. The van der Waals surface area contributed by atoms with E-state index in [2.05, 4.69) is 15.1 Å². The number of halogens is 3. The van der Waals surface area contributed by atoms with E-state index < -0.39 is 11.9 Å². The molecule has 1 amide bonds. The number of aryl methyl sites for hydroxylation is 1. The van der Waals surface area contributed by atoms with Gasteiger partial charge in [-0.15, -0.1) is 0 Å². The smallest absolute Gasteiger partial charge is 0.357 e. The first kappa shape index (κ1) is 18.5. The Morgan fingerprint density at radius 1 is 1.29 bits per heavy atom. The second-order valence-corrected chi connectivity index (χ2v) is 7.00. The van der Waals surface area contributed by atoms with E-state index in [4.69, 9.17) is 0 Å². The first-order valence-corrected chi connectivity index (χ1v) is 9.23. The maximum Gasteiger partial charge on any atom is 0.433 e. The van der Waals surface area contributed by atoms with Crippen molar-refractivity contribution in [3.8, 4) is 0 Å². The number of amides is 1. The minimum absolute atomic E-state index is 0.0358. The predicted octanol–water partition coefficient (Wildman–Crippen LogP) is 3.82. The molecule has 1 fully saturated rings. The van der Waals surface area contributed by atoms with Crippen molar-refractivity contribution >= 4 is 16.9 Å². The van der Waals surface area contributed by atoms with Gasteiger partial charge in [-0.1, -0.05) is 0 Å². The maximum absolute atomic E-state index is 12.8. The molecule has 0 saturated carbocycles. The number of carbonyl (C=O) groups is 1. The summed E-state index contributed by atoms with van der Waals surface area (Å²) >= 11 is 0. The fourth-order valence-corrected chi connectivity index (χ4v) is 3.63. The summed E-state index contributed by atoms with van der Waals surface area (Å²) in [5.41, 5.74) is 1.46. The number of aromatic nitrogens is 4. The molecule has 3 aromatic rings. The van der Waals surface area contributed by atoms with Crippen molar-refractivity contribution < 1.29 is 18.0 Å². The quantitative estimate of drug-likeness (QED) is 0.738. The summed E-state index contributed by atoms with van der Waals surface area (Å²) in [7, 11) is 0. The summed E-state index contributed by atoms with van der Waals surface area (Å²) < 4.78 is 40.2. The molecule has 0 unspecified atom stereocenters. The summed E-state index contributed by atoms with van der Waals surface area (Å²) in [4.78, 5) is 21.3. The fraction of sp³-hybridized carbons (Fsp3) is 0.421. The summed E-state index contributed by atoms with van der Waals surface area (Å²) in [5, 5.41) is 4.14. The van der Waals surface area contributed by atoms with Crippen LogP contribution < -0.4 is 0 Å². The molecule has 0 bridgehead atoms. The Hall–Kier alpha value is -2.84. The van der Waals surface area contributed by atoms with E-state index in [-0.39, 0.29) is 11.8 Å². The molecule has 6 nitrogen and oxygen atoms in total. The molecular weight excluding hydrogens is 371 g/mol. The van der Waals surface area contributed by atoms with E-state index in [1.54, 1.807) is 28.0 Å². The molecule has 148 valence electrons. The zero-order chi connectivity index (χ0) is 19.9. The first-order chi connectivity index (χ1) is 13.3.